The number of benzene rings is 8. The number of nitrogens with zero attached hydrogens (tertiary/aromatic N) is 3. The molecule has 8 aromatic carbocycles. The molecule has 0 saturated carbocycles. The van der Waals surface area contributed by atoms with Gasteiger partial charge in [-0.3, -0.25) is 0 Å². The van der Waals surface area contributed by atoms with Gasteiger partial charge in [-0.05, 0) is 68.8 Å². The smallest absolute Gasteiger partial charge is 0.164 e. The number of thiophene rings is 1. The van der Waals surface area contributed by atoms with Crippen LogP contribution in [-0.4, -0.2) is 15.0 Å². The van der Waals surface area contributed by atoms with Gasteiger partial charge >= 0.3 is 0 Å². The third-order valence-electron chi connectivity index (χ3n) is 10.2. The molecule has 0 fully saturated rings. The molecule has 0 aliphatic heterocycles. The standard InChI is InChI=1S/C51H33N3S/c1-4-15-34(16-5-1)36-27-29-38(30-28-36)49-52-50(54-51(53-49)46-23-11-10-21-42(46)37-19-8-3-9-20-37)41-32-39(35-17-6-2-7-18-35)31-40(33-41)43-24-14-25-45-44-22-12-13-26-47(44)55-48(43)45/h1-33H. The van der Waals surface area contributed by atoms with Gasteiger partial charge in [-0.1, -0.05) is 176 Å². The summed E-state index contributed by atoms with van der Waals surface area (Å²) in [7, 11) is 0. The largest absolute Gasteiger partial charge is 0.208 e. The topological polar surface area (TPSA) is 38.7 Å². The molecule has 0 bridgehead atoms. The summed E-state index contributed by atoms with van der Waals surface area (Å²) in [5.41, 5.74) is 11.8. The van der Waals surface area contributed by atoms with Crippen LogP contribution in [0.4, 0.5) is 0 Å². The van der Waals surface area contributed by atoms with E-state index in [-0.39, 0.29) is 0 Å². The lowest BCUT2D eigenvalue weighted by Gasteiger charge is -2.14. The lowest BCUT2D eigenvalue weighted by atomic mass is 9.95. The van der Waals surface area contributed by atoms with Gasteiger partial charge in [0.1, 0.15) is 0 Å². The van der Waals surface area contributed by atoms with Gasteiger partial charge in [-0.15, -0.1) is 11.3 Å². The predicted octanol–water partition coefficient (Wildman–Crippen LogP) is 13.9. The van der Waals surface area contributed by atoms with Crippen LogP contribution in [-0.2, 0) is 0 Å². The molecule has 2 heterocycles. The highest BCUT2D eigenvalue weighted by Crippen LogP contribution is 2.42. The first-order chi connectivity index (χ1) is 27.2. The van der Waals surface area contributed by atoms with Gasteiger partial charge in [0.15, 0.2) is 17.5 Å². The molecule has 0 aliphatic carbocycles. The van der Waals surface area contributed by atoms with Crippen LogP contribution in [0.3, 0.4) is 0 Å². The molecule has 0 atom stereocenters. The van der Waals surface area contributed by atoms with Crippen LogP contribution in [0.5, 0.6) is 0 Å². The molecule has 2 aromatic heterocycles. The maximum atomic E-state index is 5.30. The summed E-state index contributed by atoms with van der Waals surface area (Å²) in [5.74, 6) is 1.88. The molecule has 0 spiro atoms. The zero-order valence-corrected chi connectivity index (χ0v) is 30.6. The molecule has 10 rings (SSSR count). The summed E-state index contributed by atoms with van der Waals surface area (Å²) in [4.78, 5) is 15.7. The van der Waals surface area contributed by atoms with Crippen LogP contribution in [0.25, 0.3) is 98.8 Å². The molecule has 0 unspecified atom stereocenters. The molecule has 4 heteroatoms. The van der Waals surface area contributed by atoms with Gasteiger partial charge in [0.2, 0.25) is 0 Å². The van der Waals surface area contributed by atoms with Crippen LogP contribution in [0.15, 0.2) is 200 Å². The quantitative estimate of drug-likeness (QED) is 0.165. The SMILES string of the molecule is c1ccc(-c2ccc(-c3nc(-c4cc(-c5ccccc5)cc(-c5cccc6c5sc5ccccc56)c4)nc(-c4ccccc4-c4ccccc4)n3)cc2)cc1. The van der Waals surface area contributed by atoms with Crippen molar-refractivity contribution in [1.82, 2.24) is 15.0 Å². The van der Waals surface area contributed by atoms with E-state index < -0.39 is 0 Å². The fourth-order valence-corrected chi connectivity index (χ4v) is 8.67. The van der Waals surface area contributed by atoms with Crippen molar-refractivity contribution in [2.75, 3.05) is 0 Å². The molecular weight excluding hydrogens is 687 g/mol. The van der Waals surface area contributed by atoms with Gasteiger partial charge in [0.05, 0.1) is 0 Å². The van der Waals surface area contributed by atoms with Crippen molar-refractivity contribution in [2.45, 2.75) is 0 Å². The zero-order valence-electron chi connectivity index (χ0n) is 29.8. The summed E-state index contributed by atoms with van der Waals surface area (Å²) >= 11 is 1.84. The predicted molar refractivity (Wildman–Crippen MR) is 231 cm³/mol. The Bertz CT molecular complexity index is 2950. The molecule has 0 radical (unpaired) electrons. The Labute approximate surface area is 323 Å². The number of rotatable bonds is 7. The van der Waals surface area contributed by atoms with E-state index in [1.54, 1.807) is 0 Å². The Hall–Kier alpha value is -7.01. The van der Waals surface area contributed by atoms with E-state index in [4.69, 9.17) is 15.0 Å². The third kappa shape index (κ3) is 6.29. The van der Waals surface area contributed by atoms with Gasteiger partial charge in [-0.25, -0.2) is 15.0 Å². The molecule has 10 aromatic rings. The van der Waals surface area contributed by atoms with Crippen LogP contribution in [0.2, 0.25) is 0 Å². The van der Waals surface area contributed by atoms with E-state index in [1.807, 2.05) is 23.5 Å². The molecule has 3 nitrogen and oxygen atoms in total. The Kier molecular flexibility index (Phi) is 8.36. The lowest BCUT2D eigenvalue weighted by molar-refractivity contribution is 1.07. The Morgan fingerprint density at radius 3 is 1.47 bits per heavy atom. The lowest BCUT2D eigenvalue weighted by Crippen LogP contribution is -2.01. The fourth-order valence-electron chi connectivity index (χ4n) is 7.43. The normalized spacial score (nSPS) is 11.3. The minimum absolute atomic E-state index is 0.623. The van der Waals surface area contributed by atoms with Crippen molar-refractivity contribution in [2.24, 2.45) is 0 Å². The third-order valence-corrected chi connectivity index (χ3v) is 11.4. The molecule has 0 aliphatic rings. The number of aromatic nitrogens is 3. The zero-order chi connectivity index (χ0) is 36.6. The van der Waals surface area contributed by atoms with E-state index in [9.17, 15) is 0 Å². The van der Waals surface area contributed by atoms with Crippen molar-refractivity contribution in [3.05, 3.63) is 200 Å². The summed E-state index contributed by atoms with van der Waals surface area (Å²) in [6, 6.07) is 70.4. The van der Waals surface area contributed by atoms with Gasteiger partial charge < -0.3 is 0 Å². The van der Waals surface area contributed by atoms with E-state index in [2.05, 4.69) is 188 Å². The maximum absolute atomic E-state index is 5.30. The second-order valence-corrected chi connectivity index (χ2v) is 14.7. The second kappa shape index (κ2) is 14.1. The highest BCUT2D eigenvalue weighted by atomic mass is 32.1. The minimum atomic E-state index is 0.623. The van der Waals surface area contributed by atoms with Crippen LogP contribution >= 0.6 is 11.3 Å². The van der Waals surface area contributed by atoms with Crippen molar-refractivity contribution < 1.29 is 0 Å². The fraction of sp³-hybridized carbons (Fsp3) is 0. The van der Waals surface area contributed by atoms with Crippen molar-refractivity contribution in [3.63, 3.8) is 0 Å². The van der Waals surface area contributed by atoms with Gasteiger partial charge in [0.25, 0.3) is 0 Å². The van der Waals surface area contributed by atoms with Crippen LogP contribution < -0.4 is 0 Å². The van der Waals surface area contributed by atoms with E-state index >= 15 is 0 Å². The first kappa shape index (κ1) is 32.6. The Balaban J connectivity index is 1.20. The maximum Gasteiger partial charge on any atom is 0.164 e. The first-order valence-electron chi connectivity index (χ1n) is 18.4. The number of hydrogen-bond donors (Lipinski definition) is 0. The summed E-state index contributed by atoms with van der Waals surface area (Å²) < 4.78 is 2.55. The molecule has 0 saturated heterocycles. The van der Waals surface area contributed by atoms with E-state index in [0.29, 0.717) is 17.5 Å². The number of hydrogen-bond acceptors (Lipinski definition) is 4. The first-order valence-corrected chi connectivity index (χ1v) is 19.3. The number of fused-ring (bicyclic) bond motifs is 3. The van der Waals surface area contributed by atoms with Gasteiger partial charge in [-0.2, -0.15) is 0 Å². The van der Waals surface area contributed by atoms with Gasteiger partial charge in [0, 0.05) is 36.9 Å². The van der Waals surface area contributed by atoms with Crippen molar-refractivity contribution >= 4 is 31.5 Å². The summed E-state index contributed by atoms with van der Waals surface area (Å²) in [6.07, 6.45) is 0. The van der Waals surface area contributed by atoms with E-state index in [1.165, 1.54) is 31.3 Å². The molecule has 0 amide bonds. The van der Waals surface area contributed by atoms with Crippen molar-refractivity contribution in [1.29, 1.82) is 0 Å². The van der Waals surface area contributed by atoms with Crippen LogP contribution in [0, 0.1) is 0 Å². The molecule has 258 valence electrons. The monoisotopic (exact) mass is 719 g/mol. The average molecular weight is 720 g/mol. The van der Waals surface area contributed by atoms with E-state index in [0.717, 1.165) is 50.1 Å². The van der Waals surface area contributed by atoms with Crippen LogP contribution in [0.1, 0.15) is 0 Å². The average Bonchev–Trinajstić information content (AvgIpc) is 3.66. The summed E-state index contributed by atoms with van der Waals surface area (Å²) in [5, 5.41) is 2.55. The minimum Gasteiger partial charge on any atom is -0.208 e. The second-order valence-electron chi connectivity index (χ2n) is 13.6. The molecule has 55 heavy (non-hydrogen) atoms. The highest BCUT2D eigenvalue weighted by molar-refractivity contribution is 7.26. The molecule has 0 N–H and O–H groups in total. The molecular formula is C51H33N3S. The summed E-state index contributed by atoms with van der Waals surface area (Å²) in [6.45, 7) is 0. The Morgan fingerprint density at radius 1 is 0.273 bits per heavy atom. The Morgan fingerprint density at radius 2 is 0.745 bits per heavy atom. The highest BCUT2D eigenvalue weighted by Gasteiger charge is 2.18. The van der Waals surface area contributed by atoms with Crippen molar-refractivity contribution in [3.8, 4) is 78.7 Å².